The van der Waals surface area contributed by atoms with Gasteiger partial charge in [0.05, 0.1) is 0 Å². The van der Waals surface area contributed by atoms with Crippen molar-refractivity contribution >= 4 is 17.9 Å². The molecule has 0 aliphatic rings. The summed E-state index contributed by atoms with van der Waals surface area (Å²) in [7, 11) is 0. The number of carbonyl (C=O) groups excluding carboxylic acids is 3. The van der Waals surface area contributed by atoms with Crippen LogP contribution in [0.2, 0.25) is 0 Å². The van der Waals surface area contributed by atoms with Crippen LogP contribution in [-0.2, 0) is 28.6 Å². The Bertz CT molecular complexity index is 880. The first-order valence-electron chi connectivity index (χ1n) is 23.3. The Kier molecular flexibility index (Phi) is 41.9. The van der Waals surface area contributed by atoms with Crippen molar-refractivity contribution in [3.8, 4) is 0 Å². The zero-order chi connectivity index (χ0) is 39.4. The summed E-state index contributed by atoms with van der Waals surface area (Å²) < 4.78 is 16.6. The summed E-state index contributed by atoms with van der Waals surface area (Å²) in [5.41, 5.74) is 0. The van der Waals surface area contributed by atoms with Crippen molar-refractivity contribution in [2.24, 2.45) is 0 Å². The molecule has 0 aliphatic heterocycles. The van der Waals surface area contributed by atoms with Crippen LogP contribution in [0.5, 0.6) is 0 Å². The summed E-state index contributed by atoms with van der Waals surface area (Å²) in [6.45, 7) is 6.52. The number of unbranched alkanes of at least 4 members (excludes halogenated alkanes) is 27. The van der Waals surface area contributed by atoms with Crippen LogP contribution in [0.3, 0.4) is 0 Å². The van der Waals surface area contributed by atoms with E-state index in [0.717, 1.165) is 70.6 Å². The Morgan fingerprint density at radius 2 is 0.611 bits per heavy atom. The van der Waals surface area contributed by atoms with E-state index in [9.17, 15) is 14.4 Å². The second-order valence-electron chi connectivity index (χ2n) is 15.7. The first-order chi connectivity index (χ1) is 26.5. The number of esters is 3. The van der Waals surface area contributed by atoms with Gasteiger partial charge in [0.25, 0.3) is 0 Å². The maximum atomic E-state index is 12.6. The zero-order valence-electron chi connectivity index (χ0n) is 36.0. The van der Waals surface area contributed by atoms with E-state index in [1.54, 1.807) is 0 Å². The maximum absolute atomic E-state index is 12.6. The van der Waals surface area contributed by atoms with Gasteiger partial charge in [0.1, 0.15) is 13.2 Å². The standard InChI is InChI=1S/C48H88O6/c1-4-7-10-13-15-17-19-21-22-23-24-25-26-27-29-30-32-35-38-41-47(50)53-44-45(43-52-46(49)40-37-34-12-9-6-3)54-48(51)42-39-36-33-31-28-20-18-16-14-11-8-5-2/h16,18,21-22,45H,4-15,17,19-20,23-44H2,1-3H3/b18-16-,22-21-. The Labute approximate surface area is 334 Å². The Morgan fingerprint density at radius 1 is 0.352 bits per heavy atom. The van der Waals surface area contributed by atoms with Gasteiger partial charge < -0.3 is 14.2 Å². The second-order valence-corrected chi connectivity index (χ2v) is 15.7. The average Bonchev–Trinajstić information content (AvgIpc) is 3.17. The second kappa shape index (κ2) is 43.6. The number of hydrogen-bond donors (Lipinski definition) is 0. The van der Waals surface area contributed by atoms with Gasteiger partial charge in [-0.2, -0.15) is 0 Å². The number of rotatable bonds is 42. The van der Waals surface area contributed by atoms with Gasteiger partial charge in [0.15, 0.2) is 6.10 Å². The minimum absolute atomic E-state index is 0.0742. The molecule has 0 fully saturated rings. The van der Waals surface area contributed by atoms with Gasteiger partial charge in [-0.1, -0.05) is 180 Å². The summed E-state index contributed by atoms with van der Waals surface area (Å²) >= 11 is 0. The van der Waals surface area contributed by atoms with Gasteiger partial charge in [-0.3, -0.25) is 14.4 Å². The molecule has 54 heavy (non-hydrogen) atoms. The highest BCUT2D eigenvalue weighted by atomic mass is 16.6. The molecule has 0 radical (unpaired) electrons. The predicted molar refractivity (Wildman–Crippen MR) is 229 cm³/mol. The molecule has 0 saturated carbocycles. The summed E-state index contributed by atoms with van der Waals surface area (Å²) in [5, 5.41) is 0. The molecule has 1 unspecified atom stereocenters. The van der Waals surface area contributed by atoms with Crippen molar-refractivity contribution in [1.29, 1.82) is 0 Å². The lowest BCUT2D eigenvalue weighted by Crippen LogP contribution is -2.30. The van der Waals surface area contributed by atoms with Crippen molar-refractivity contribution in [3.63, 3.8) is 0 Å². The zero-order valence-corrected chi connectivity index (χ0v) is 36.0. The van der Waals surface area contributed by atoms with E-state index in [1.165, 1.54) is 135 Å². The highest BCUT2D eigenvalue weighted by Crippen LogP contribution is 2.14. The fourth-order valence-electron chi connectivity index (χ4n) is 6.61. The summed E-state index contributed by atoms with van der Waals surface area (Å²) in [6.07, 6.45) is 47.6. The maximum Gasteiger partial charge on any atom is 0.306 e. The topological polar surface area (TPSA) is 78.9 Å². The first-order valence-corrected chi connectivity index (χ1v) is 23.3. The van der Waals surface area contributed by atoms with Crippen LogP contribution in [0.15, 0.2) is 24.3 Å². The van der Waals surface area contributed by atoms with E-state index < -0.39 is 6.10 Å². The number of carbonyl (C=O) groups is 3. The molecule has 0 spiro atoms. The molecule has 0 aromatic rings. The van der Waals surface area contributed by atoms with Gasteiger partial charge in [-0.15, -0.1) is 0 Å². The van der Waals surface area contributed by atoms with Crippen LogP contribution in [0.1, 0.15) is 245 Å². The van der Waals surface area contributed by atoms with Crippen LogP contribution >= 0.6 is 0 Å². The Hall–Kier alpha value is -2.11. The van der Waals surface area contributed by atoms with Gasteiger partial charge >= 0.3 is 17.9 Å². The molecular formula is C48H88O6. The van der Waals surface area contributed by atoms with Crippen LogP contribution in [0, 0.1) is 0 Å². The summed E-state index contributed by atoms with van der Waals surface area (Å²) in [6, 6.07) is 0. The average molecular weight is 761 g/mol. The summed E-state index contributed by atoms with van der Waals surface area (Å²) in [5.74, 6) is -0.895. The molecular weight excluding hydrogens is 673 g/mol. The van der Waals surface area contributed by atoms with E-state index >= 15 is 0 Å². The molecule has 0 aliphatic carbocycles. The van der Waals surface area contributed by atoms with Crippen LogP contribution < -0.4 is 0 Å². The fraction of sp³-hybridized carbons (Fsp3) is 0.854. The van der Waals surface area contributed by atoms with Crippen molar-refractivity contribution in [2.75, 3.05) is 13.2 Å². The molecule has 0 heterocycles. The normalized spacial score (nSPS) is 12.1. The van der Waals surface area contributed by atoms with E-state index in [1.807, 2.05) is 0 Å². The lowest BCUT2D eigenvalue weighted by molar-refractivity contribution is -0.167. The first kappa shape index (κ1) is 51.9. The molecule has 6 heteroatoms. The molecule has 0 aromatic heterocycles. The third kappa shape index (κ3) is 41.1. The van der Waals surface area contributed by atoms with Crippen LogP contribution in [-0.4, -0.2) is 37.2 Å². The quantitative estimate of drug-likeness (QED) is 0.0267. The molecule has 316 valence electrons. The SMILES string of the molecule is CCCCC/C=C\CCCCCCCC(=O)OC(COC(=O)CCCCCCC)COC(=O)CCCCCCCCCCC/C=C\CCCCCCCC. The molecule has 1 atom stereocenters. The van der Waals surface area contributed by atoms with E-state index in [4.69, 9.17) is 14.2 Å². The smallest absolute Gasteiger partial charge is 0.306 e. The van der Waals surface area contributed by atoms with Crippen molar-refractivity contribution in [2.45, 2.75) is 252 Å². The molecule has 0 aromatic carbocycles. The minimum Gasteiger partial charge on any atom is -0.462 e. The molecule has 6 nitrogen and oxygen atoms in total. The molecule has 0 saturated heterocycles. The van der Waals surface area contributed by atoms with Crippen molar-refractivity contribution in [3.05, 3.63) is 24.3 Å². The van der Waals surface area contributed by atoms with Gasteiger partial charge in [0.2, 0.25) is 0 Å². The minimum atomic E-state index is -0.768. The van der Waals surface area contributed by atoms with Crippen molar-refractivity contribution < 1.29 is 28.6 Å². The monoisotopic (exact) mass is 761 g/mol. The third-order valence-corrected chi connectivity index (χ3v) is 10.2. The Balaban J connectivity index is 4.15. The third-order valence-electron chi connectivity index (χ3n) is 10.2. The summed E-state index contributed by atoms with van der Waals surface area (Å²) in [4.78, 5) is 37.5. The van der Waals surface area contributed by atoms with E-state index in [0.29, 0.717) is 19.3 Å². The van der Waals surface area contributed by atoms with Gasteiger partial charge in [-0.25, -0.2) is 0 Å². The van der Waals surface area contributed by atoms with Gasteiger partial charge in [-0.05, 0) is 70.6 Å². The fourth-order valence-corrected chi connectivity index (χ4v) is 6.61. The van der Waals surface area contributed by atoms with E-state index in [-0.39, 0.29) is 31.1 Å². The van der Waals surface area contributed by atoms with Crippen LogP contribution in [0.25, 0.3) is 0 Å². The predicted octanol–water partition coefficient (Wildman–Crippen LogP) is 14.8. The highest BCUT2D eigenvalue weighted by molar-refractivity contribution is 5.71. The van der Waals surface area contributed by atoms with Crippen molar-refractivity contribution in [1.82, 2.24) is 0 Å². The van der Waals surface area contributed by atoms with Crippen LogP contribution in [0.4, 0.5) is 0 Å². The Morgan fingerprint density at radius 3 is 0.963 bits per heavy atom. The lowest BCUT2D eigenvalue weighted by atomic mass is 10.1. The number of hydrogen-bond acceptors (Lipinski definition) is 6. The molecule has 0 bridgehead atoms. The largest absolute Gasteiger partial charge is 0.462 e. The number of allylic oxidation sites excluding steroid dienone is 4. The number of ether oxygens (including phenoxy) is 3. The lowest BCUT2D eigenvalue weighted by Gasteiger charge is -2.18. The van der Waals surface area contributed by atoms with E-state index in [2.05, 4.69) is 45.1 Å². The molecule has 0 rings (SSSR count). The molecule has 0 N–H and O–H groups in total. The highest BCUT2D eigenvalue weighted by Gasteiger charge is 2.19. The van der Waals surface area contributed by atoms with Gasteiger partial charge in [0, 0.05) is 19.3 Å². The molecule has 0 amide bonds.